The van der Waals surface area contributed by atoms with E-state index in [2.05, 4.69) is 59.2 Å². The zero-order valence-electron chi connectivity index (χ0n) is 44.7. The first-order valence-electron chi connectivity index (χ1n) is 28.5. The van der Waals surface area contributed by atoms with E-state index in [0.29, 0.717) is 25.4 Å². The minimum absolute atomic E-state index is 0.107. The normalized spacial score (nSPS) is 13.2. The standard InChI is InChI=1S/C31H62N2O3.C25H51N3O/c1-4-6-8-10-12-16-20-24-32(25-21-17-13-11-9-7-5-2)27-28-33(29-30-34)26-22-18-14-15-19-23-31(35)36-3;1-4-6-8-10-12-14-16-18-27(19-17-15-13-11-9-7-5-2)24-25(29)28-22-20-26(3)21-23-28/h30H,4-29H2,1-3H3;4-24H2,1-3H3. The lowest BCUT2D eigenvalue weighted by Gasteiger charge is -2.34. The molecular formula is C56H113N5O4. The summed E-state index contributed by atoms with van der Waals surface area (Å²) in [7, 11) is 3.60. The van der Waals surface area contributed by atoms with Gasteiger partial charge in [0.1, 0.15) is 6.29 Å². The molecule has 0 spiro atoms. The second-order valence-electron chi connectivity index (χ2n) is 19.8. The molecule has 0 radical (unpaired) electrons. The molecule has 1 saturated heterocycles. The third-order valence-corrected chi connectivity index (χ3v) is 13.7. The first kappa shape index (κ1) is 63.5. The average Bonchev–Trinajstić information content (AvgIpc) is 3.31. The zero-order valence-corrected chi connectivity index (χ0v) is 44.7. The van der Waals surface area contributed by atoms with E-state index in [0.717, 1.165) is 97.3 Å². The van der Waals surface area contributed by atoms with Crippen LogP contribution in [0.3, 0.4) is 0 Å². The van der Waals surface area contributed by atoms with Gasteiger partial charge in [-0.3, -0.25) is 19.4 Å². The Morgan fingerprint density at radius 1 is 0.431 bits per heavy atom. The van der Waals surface area contributed by atoms with Gasteiger partial charge in [0.15, 0.2) is 0 Å². The Balaban J connectivity index is 0.00000129. The van der Waals surface area contributed by atoms with Crippen LogP contribution in [-0.4, -0.2) is 142 Å². The highest BCUT2D eigenvalue weighted by Crippen LogP contribution is 2.14. The van der Waals surface area contributed by atoms with Crippen LogP contribution < -0.4 is 0 Å². The van der Waals surface area contributed by atoms with Crippen LogP contribution in [0.5, 0.6) is 0 Å². The monoisotopic (exact) mass is 920 g/mol. The highest BCUT2D eigenvalue weighted by molar-refractivity contribution is 5.78. The van der Waals surface area contributed by atoms with Crippen molar-refractivity contribution in [1.29, 1.82) is 0 Å². The van der Waals surface area contributed by atoms with E-state index in [1.807, 2.05) is 0 Å². The number of ether oxygens (including phenoxy) is 1. The van der Waals surface area contributed by atoms with Crippen LogP contribution in [-0.2, 0) is 19.1 Å². The number of hydrogen-bond acceptors (Lipinski definition) is 8. The van der Waals surface area contributed by atoms with E-state index in [1.54, 1.807) is 0 Å². The van der Waals surface area contributed by atoms with Gasteiger partial charge in [0, 0.05) is 45.7 Å². The van der Waals surface area contributed by atoms with Gasteiger partial charge in [-0.1, -0.05) is 201 Å². The number of carbonyl (C=O) groups is 3. The summed E-state index contributed by atoms with van der Waals surface area (Å²) in [5.74, 6) is 0.244. The predicted molar refractivity (Wildman–Crippen MR) is 281 cm³/mol. The van der Waals surface area contributed by atoms with Crippen molar-refractivity contribution in [3.05, 3.63) is 0 Å². The molecule has 1 aliphatic heterocycles. The SMILES string of the molecule is CCCCCCCCCN(CCCCCCCCC)CC(=O)N1CCN(C)CC1.CCCCCCCCCN(CCCCCCCCC)CCN(CC=O)CCCCCCCC(=O)OC. The molecule has 0 unspecified atom stereocenters. The molecule has 1 amide bonds. The summed E-state index contributed by atoms with van der Waals surface area (Å²) in [5.41, 5.74) is 0. The molecule has 0 atom stereocenters. The molecule has 0 saturated carbocycles. The molecular weight excluding hydrogens is 807 g/mol. The second kappa shape index (κ2) is 50.3. The molecule has 386 valence electrons. The first-order valence-corrected chi connectivity index (χ1v) is 28.5. The van der Waals surface area contributed by atoms with Crippen LogP contribution in [0.4, 0.5) is 0 Å². The van der Waals surface area contributed by atoms with Gasteiger partial charge in [-0.2, -0.15) is 0 Å². The third-order valence-electron chi connectivity index (χ3n) is 13.7. The Kier molecular flexibility index (Phi) is 49.1. The molecule has 9 nitrogen and oxygen atoms in total. The Hall–Kier alpha value is -1.55. The Morgan fingerprint density at radius 3 is 1.12 bits per heavy atom. The van der Waals surface area contributed by atoms with Gasteiger partial charge in [-0.15, -0.1) is 0 Å². The fraction of sp³-hybridized carbons (Fsp3) is 0.946. The second-order valence-corrected chi connectivity index (χ2v) is 19.8. The van der Waals surface area contributed by atoms with Crippen molar-refractivity contribution in [2.75, 3.05) is 99.2 Å². The average molecular weight is 921 g/mol. The number of nitrogens with zero attached hydrogens (tertiary/aromatic N) is 5. The van der Waals surface area contributed by atoms with Crippen LogP contribution in [0.1, 0.15) is 246 Å². The molecule has 0 bridgehead atoms. The number of amides is 1. The maximum absolute atomic E-state index is 12.8. The molecule has 0 N–H and O–H groups in total. The summed E-state index contributed by atoms with van der Waals surface area (Å²) in [4.78, 5) is 47.1. The lowest BCUT2D eigenvalue weighted by molar-refractivity contribution is -0.140. The van der Waals surface area contributed by atoms with Crippen LogP contribution in [0.25, 0.3) is 0 Å². The van der Waals surface area contributed by atoms with E-state index in [9.17, 15) is 14.4 Å². The van der Waals surface area contributed by atoms with Crippen molar-refractivity contribution in [2.45, 2.75) is 246 Å². The zero-order chi connectivity index (χ0) is 47.7. The largest absolute Gasteiger partial charge is 0.469 e. The Bertz CT molecular complexity index is 973. The van der Waals surface area contributed by atoms with Gasteiger partial charge < -0.3 is 24.2 Å². The van der Waals surface area contributed by atoms with Crippen molar-refractivity contribution >= 4 is 18.2 Å². The number of aldehydes is 1. The summed E-state index contributed by atoms with van der Waals surface area (Å²) >= 11 is 0. The number of esters is 1. The number of methoxy groups -OCH3 is 1. The minimum atomic E-state index is -0.107. The topological polar surface area (TPSA) is 76.6 Å². The quantitative estimate of drug-likeness (QED) is 0.0339. The smallest absolute Gasteiger partial charge is 0.305 e. The van der Waals surface area contributed by atoms with Crippen molar-refractivity contribution < 1.29 is 19.1 Å². The van der Waals surface area contributed by atoms with Gasteiger partial charge in [-0.05, 0) is 78.3 Å². The van der Waals surface area contributed by atoms with Crippen LogP contribution in [0, 0.1) is 0 Å². The van der Waals surface area contributed by atoms with Crippen molar-refractivity contribution in [2.24, 2.45) is 0 Å². The van der Waals surface area contributed by atoms with Gasteiger partial charge in [0.05, 0.1) is 20.2 Å². The molecule has 0 aliphatic carbocycles. The molecule has 0 aromatic heterocycles. The Labute approximate surface area is 405 Å². The summed E-state index contributed by atoms with van der Waals surface area (Å²) in [6.07, 6.45) is 44.8. The molecule has 1 heterocycles. The molecule has 65 heavy (non-hydrogen) atoms. The molecule has 1 rings (SSSR count). The molecule has 0 aromatic rings. The predicted octanol–water partition coefficient (Wildman–Crippen LogP) is 13.4. The Morgan fingerprint density at radius 2 is 0.754 bits per heavy atom. The number of piperazine rings is 1. The number of rotatable bonds is 47. The fourth-order valence-electron chi connectivity index (χ4n) is 9.04. The van der Waals surface area contributed by atoms with E-state index in [-0.39, 0.29) is 5.97 Å². The summed E-state index contributed by atoms with van der Waals surface area (Å²) in [6.45, 7) is 21.8. The lowest BCUT2D eigenvalue weighted by atomic mass is 10.1. The van der Waals surface area contributed by atoms with Crippen molar-refractivity contribution in [3.8, 4) is 0 Å². The number of unbranched alkanes of at least 4 members (excludes halogenated alkanes) is 28. The molecule has 1 fully saturated rings. The van der Waals surface area contributed by atoms with Gasteiger partial charge >= 0.3 is 5.97 Å². The maximum Gasteiger partial charge on any atom is 0.305 e. The van der Waals surface area contributed by atoms with E-state index in [4.69, 9.17) is 4.74 Å². The van der Waals surface area contributed by atoms with Crippen molar-refractivity contribution in [3.63, 3.8) is 0 Å². The van der Waals surface area contributed by atoms with Gasteiger partial charge in [-0.25, -0.2) is 0 Å². The van der Waals surface area contributed by atoms with Crippen LogP contribution in [0.2, 0.25) is 0 Å². The maximum atomic E-state index is 12.8. The van der Waals surface area contributed by atoms with Crippen LogP contribution in [0.15, 0.2) is 0 Å². The van der Waals surface area contributed by atoms with Crippen LogP contribution >= 0.6 is 0 Å². The molecule has 9 heteroatoms. The highest BCUT2D eigenvalue weighted by Gasteiger charge is 2.21. The summed E-state index contributed by atoms with van der Waals surface area (Å²) in [5, 5.41) is 0. The number of hydrogen-bond donors (Lipinski definition) is 0. The fourth-order valence-corrected chi connectivity index (χ4v) is 9.04. The number of carbonyl (C=O) groups excluding carboxylic acids is 3. The van der Waals surface area contributed by atoms with Gasteiger partial charge in [0.25, 0.3) is 0 Å². The lowest BCUT2D eigenvalue weighted by Crippen LogP contribution is -2.50. The minimum Gasteiger partial charge on any atom is -0.469 e. The van der Waals surface area contributed by atoms with Crippen molar-refractivity contribution in [1.82, 2.24) is 24.5 Å². The van der Waals surface area contributed by atoms with E-state index >= 15 is 0 Å². The summed E-state index contributed by atoms with van der Waals surface area (Å²) < 4.78 is 4.70. The summed E-state index contributed by atoms with van der Waals surface area (Å²) in [6, 6.07) is 0. The first-order chi connectivity index (χ1) is 31.8. The van der Waals surface area contributed by atoms with Gasteiger partial charge in [0.2, 0.25) is 5.91 Å². The number of likely N-dealkylation sites (N-methyl/N-ethyl adjacent to an activating group) is 1. The van der Waals surface area contributed by atoms with E-state index < -0.39 is 0 Å². The van der Waals surface area contributed by atoms with E-state index in [1.165, 1.54) is 200 Å². The highest BCUT2D eigenvalue weighted by atomic mass is 16.5. The third kappa shape index (κ3) is 43.5. The molecule has 1 aliphatic rings. The molecule has 0 aromatic carbocycles.